The van der Waals surface area contributed by atoms with Crippen LogP contribution in [0.2, 0.25) is 0 Å². The van der Waals surface area contributed by atoms with Crippen molar-refractivity contribution in [2.75, 3.05) is 5.73 Å². The van der Waals surface area contributed by atoms with Gasteiger partial charge in [0.15, 0.2) is 5.82 Å². The molecule has 0 atom stereocenters. The lowest BCUT2D eigenvalue weighted by atomic mass is 10.2. The Bertz CT molecular complexity index is 372. The van der Waals surface area contributed by atoms with E-state index in [-0.39, 0.29) is 0 Å². The number of hydrogen-bond donors (Lipinski definition) is 2. The lowest BCUT2D eigenvalue weighted by Crippen LogP contribution is -1.90. The molecule has 2 rings (SSSR count). The van der Waals surface area contributed by atoms with Crippen LogP contribution < -0.4 is 5.73 Å². The minimum atomic E-state index is 0.556. The van der Waals surface area contributed by atoms with Crippen LogP contribution in [0.4, 0.5) is 5.82 Å². The molecule has 0 aromatic carbocycles. The summed E-state index contributed by atoms with van der Waals surface area (Å²) < 4.78 is 1.70. The van der Waals surface area contributed by atoms with Gasteiger partial charge < -0.3 is 10.7 Å². The number of hydrogen-bond acceptors (Lipinski definition) is 2. The second-order valence-electron chi connectivity index (χ2n) is 2.69. The van der Waals surface area contributed by atoms with Gasteiger partial charge in [-0.15, -0.1) is 0 Å². The van der Waals surface area contributed by atoms with Crippen LogP contribution in [0.1, 0.15) is 0 Å². The first-order chi connectivity index (χ1) is 5.77. The number of aromatic nitrogens is 3. The number of nitrogens with two attached hydrogens (primary N) is 1. The fourth-order valence-corrected chi connectivity index (χ4v) is 1.21. The first-order valence-corrected chi connectivity index (χ1v) is 3.70. The van der Waals surface area contributed by atoms with E-state index in [1.807, 2.05) is 31.6 Å². The second-order valence-corrected chi connectivity index (χ2v) is 2.69. The fourth-order valence-electron chi connectivity index (χ4n) is 1.21. The maximum absolute atomic E-state index is 5.68. The quantitative estimate of drug-likeness (QED) is 0.657. The molecule has 2 aromatic rings. The number of H-pyrrole nitrogens is 1. The minimum absolute atomic E-state index is 0.556. The summed E-state index contributed by atoms with van der Waals surface area (Å²) in [6.45, 7) is 0. The predicted octanol–water partition coefficient (Wildman–Crippen LogP) is 0.997. The van der Waals surface area contributed by atoms with Crippen LogP contribution in [0.3, 0.4) is 0 Å². The molecular weight excluding hydrogens is 152 g/mol. The van der Waals surface area contributed by atoms with E-state index in [2.05, 4.69) is 10.1 Å². The summed E-state index contributed by atoms with van der Waals surface area (Å²) in [5, 5.41) is 4.04. The Labute approximate surface area is 70.0 Å². The van der Waals surface area contributed by atoms with Gasteiger partial charge in [0.2, 0.25) is 0 Å². The van der Waals surface area contributed by atoms with Crippen molar-refractivity contribution in [1.29, 1.82) is 0 Å². The topological polar surface area (TPSA) is 59.6 Å². The molecule has 0 saturated carbocycles. The second kappa shape index (κ2) is 2.41. The average molecular weight is 162 g/mol. The summed E-state index contributed by atoms with van der Waals surface area (Å²) in [7, 11) is 1.85. The van der Waals surface area contributed by atoms with E-state index in [1.54, 1.807) is 4.68 Å². The van der Waals surface area contributed by atoms with Gasteiger partial charge in [-0.25, -0.2) is 0 Å². The first kappa shape index (κ1) is 6.97. The zero-order valence-electron chi connectivity index (χ0n) is 6.78. The van der Waals surface area contributed by atoms with Gasteiger partial charge in [-0.2, -0.15) is 5.10 Å². The van der Waals surface area contributed by atoms with Gasteiger partial charge >= 0.3 is 0 Å². The molecule has 0 saturated heterocycles. The summed E-state index contributed by atoms with van der Waals surface area (Å²) >= 11 is 0. The van der Waals surface area contributed by atoms with Crippen molar-refractivity contribution in [2.24, 2.45) is 7.05 Å². The molecule has 12 heavy (non-hydrogen) atoms. The molecule has 0 fully saturated rings. The monoisotopic (exact) mass is 162 g/mol. The number of anilines is 1. The van der Waals surface area contributed by atoms with Crippen LogP contribution in [0.15, 0.2) is 24.5 Å². The van der Waals surface area contributed by atoms with E-state index in [0.29, 0.717) is 5.82 Å². The number of rotatable bonds is 1. The highest BCUT2D eigenvalue weighted by molar-refractivity contribution is 5.70. The molecule has 2 heterocycles. The maximum Gasteiger partial charge on any atom is 0.154 e. The minimum Gasteiger partial charge on any atom is -0.382 e. The standard InChI is InChI=1S/C8H10N4/c1-12-5-6(8(9)11-12)7-3-2-4-10-7/h2-5,10H,1H3,(H2,9,11). The molecule has 2 aromatic heterocycles. The zero-order chi connectivity index (χ0) is 8.55. The molecule has 0 amide bonds. The van der Waals surface area contributed by atoms with E-state index in [1.165, 1.54) is 0 Å². The van der Waals surface area contributed by atoms with Gasteiger partial charge in [0.1, 0.15) is 0 Å². The first-order valence-electron chi connectivity index (χ1n) is 3.70. The Kier molecular flexibility index (Phi) is 1.40. The molecule has 62 valence electrons. The highest BCUT2D eigenvalue weighted by Crippen LogP contribution is 2.21. The molecule has 4 nitrogen and oxygen atoms in total. The van der Waals surface area contributed by atoms with Crippen LogP contribution in [0.5, 0.6) is 0 Å². The number of aryl methyl sites for hydroxylation is 1. The largest absolute Gasteiger partial charge is 0.382 e. The molecule has 0 aliphatic carbocycles. The third-order valence-electron chi connectivity index (χ3n) is 1.75. The van der Waals surface area contributed by atoms with Gasteiger partial charge in [-0.05, 0) is 12.1 Å². The molecular formula is C8H10N4. The van der Waals surface area contributed by atoms with E-state index in [9.17, 15) is 0 Å². The predicted molar refractivity (Wildman–Crippen MR) is 47.4 cm³/mol. The van der Waals surface area contributed by atoms with Crippen LogP contribution in [-0.4, -0.2) is 14.8 Å². The zero-order valence-corrected chi connectivity index (χ0v) is 6.78. The third kappa shape index (κ3) is 0.972. The van der Waals surface area contributed by atoms with Crippen molar-refractivity contribution in [2.45, 2.75) is 0 Å². The van der Waals surface area contributed by atoms with Crippen molar-refractivity contribution in [3.8, 4) is 11.3 Å². The molecule has 3 N–H and O–H groups in total. The van der Waals surface area contributed by atoms with Crippen LogP contribution in [-0.2, 0) is 7.05 Å². The summed E-state index contributed by atoms with van der Waals surface area (Å²) in [5.74, 6) is 0.556. The van der Waals surface area contributed by atoms with Crippen molar-refractivity contribution in [3.05, 3.63) is 24.5 Å². The van der Waals surface area contributed by atoms with Crippen molar-refractivity contribution in [1.82, 2.24) is 14.8 Å². The molecule has 0 unspecified atom stereocenters. The molecule has 4 heteroatoms. The normalized spacial score (nSPS) is 10.4. The molecule has 0 aliphatic heterocycles. The van der Waals surface area contributed by atoms with E-state index in [0.717, 1.165) is 11.3 Å². The van der Waals surface area contributed by atoms with E-state index >= 15 is 0 Å². The molecule has 0 aliphatic rings. The van der Waals surface area contributed by atoms with Gasteiger partial charge in [0.05, 0.1) is 11.3 Å². The highest BCUT2D eigenvalue weighted by atomic mass is 15.3. The summed E-state index contributed by atoms with van der Waals surface area (Å²) in [6.07, 6.45) is 3.75. The lowest BCUT2D eigenvalue weighted by molar-refractivity contribution is 0.772. The van der Waals surface area contributed by atoms with Crippen LogP contribution in [0, 0.1) is 0 Å². The number of nitrogens with zero attached hydrogens (tertiary/aromatic N) is 2. The van der Waals surface area contributed by atoms with E-state index in [4.69, 9.17) is 5.73 Å². The molecule has 0 spiro atoms. The molecule has 0 bridgehead atoms. The Morgan fingerprint density at radius 1 is 1.58 bits per heavy atom. The van der Waals surface area contributed by atoms with Crippen molar-refractivity contribution >= 4 is 5.82 Å². The van der Waals surface area contributed by atoms with Crippen LogP contribution >= 0.6 is 0 Å². The maximum atomic E-state index is 5.68. The lowest BCUT2D eigenvalue weighted by Gasteiger charge is -1.91. The van der Waals surface area contributed by atoms with Gasteiger partial charge in [0, 0.05) is 19.4 Å². The fraction of sp³-hybridized carbons (Fsp3) is 0.125. The smallest absolute Gasteiger partial charge is 0.154 e. The van der Waals surface area contributed by atoms with E-state index < -0.39 is 0 Å². The van der Waals surface area contributed by atoms with Gasteiger partial charge in [-0.1, -0.05) is 0 Å². The third-order valence-corrected chi connectivity index (χ3v) is 1.75. The average Bonchev–Trinajstić information content (AvgIpc) is 2.58. The van der Waals surface area contributed by atoms with Gasteiger partial charge in [-0.3, -0.25) is 4.68 Å². The number of nitrogens with one attached hydrogen (secondary N) is 1. The SMILES string of the molecule is Cn1cc(-c2ccc[nH]2)c(N)n1. The molecule has 0 radical (unpaired) electrons. The summed E-state index contributed by atoms with van der Waals surface area (Å²) in [6, 6.07) is 3.90. The van der Waals surface area contributed by atoms with Crippen molar-refractivity contribution in [3.63, 3.8) is 0 Å². The number of nitrogen functional groups attached to an aromatic ring is 1. The van der Waals surface area contributed by atoms with Crippen molar-refractivity contribution < 1.29 is 0 Å². The Balaban J connectivity index is 2.54. The highest BCUT2D eigenvalue weighted by Gasteiger charge is 2.05. The van der Waals surface area contributed by atoms with Gasteiger partial charge in [0.25, 0.3) is 0 Å². The summed E-state index contributed by atoms with van der Waals surface area (Å²) in [5.41, 5.74) is 7.63. The number of aromatic amines is 1. The Hall–Kier alpha value is -1.71. The summed E-state index contributed by atoms with van der Waals surface area (Å²) in [4.78, 5) is 3.07. The Morgan fingerprint density at radius 2 is 2.42 bits per heavy atom. The Morgan fingerprint density at radius 3 is 2.92 bits per heavy atom. The van der Waals surface area contributed by atoms with Crippen LogP contribution in [0.25, 0.3) is 11.3 Å².